The van der Waals surface area contributed by atoms with Gasteiger partial charge >= 0.3 is 0 Å². The van der Waals surface area contributed by atoms with Crippen LogP contribution < -0.4 is 16.9 Å². The van der Waals surface area contributed by atoms with E-state index in [1.165, 1.54) is 4.68 Å². The summed E-state index contributed by atoms with van der Waals surface area (Å²) < 4.78 is 1.27. The van der Waals surface area contributed by atoms with Crippen molar-refractivity contribution >= 4 is 5.69 Å². The van der Waals surface area contributed by atoms with Gasteiger partial charge in [-0.15, -0.1) is 0 Å². The molecule has 106 valence electrons. The smallest absolute Gasteiger partial charge is 0.268 e. The number of H-pyrrole nitrogens is 1. The first kappa shape index (κ1) is 14.0. The van der Waals surface area contributed by atoms with Crippen molar-refractivity contribution < 1.29 is 0 Å². The van der Waals surface area contributed by atoms with Crippen molar-refractivity contribution in [3.8, 4) is 0 Å². The van der Waals surface area contributed by atoms with E-state index in [4.69, 9.17) is 5.73 Å². The van der Waals surface area contributed by atoms with Crippen LogP contribution in [0.25, 0.3) is 0 Å². The summed E-state index contributed by atoms with van der Waals surface area (Å²) in [7, 11) is 0. The van der Waals surface area contributed by atoms with Crippen molar-refractivity contribution in [3.05, 3.63) is 54.9 Å². The maximum atomic E-state index is 12.1. The van der Waals surface area contributed by atoms with E-state index in [0.29, 0.717) is 22.5 Å². The number of hydrogen-bond donors (Lipinski definition) is 2. The van der Waals surface area contributed by atoms with Crippen molar-refractivity contribution in [3.63, 3.8) is 0 Å². The van der Waals surface area contributed by atoms with Gasteiger partial charge in [0.25, 0.3) is 11.1 Å². The van der Waals surface area contributed by atoms with Crippen LogP contribution in [0.4, 0.5) is 5.69 Å². The van der Waals surface area contributed by atoms with Crippen LogP contribution in [-0.4, -0.2) is 14.8 Å². The Morgan fingerprint density at radius 1 is 1.15 bits per heavy atom. The number of nitrogens with one attached hydrogen (secondary N) is 1. The number of nitrogens with two attached hydrogens (primary N) is 1. The monoisotopic (exact) mass is 274 g/mol. The van der Waals surface area contributed by atoms with E-state index in [2.05, 4.69) is 10.1 Å². The van der Waals surface area contributed by atoms with E-state index in [9.17, 15) is 9.59 Å². The molecule has 0 amide bonds. The zero-order valence-electron chi connectivity index (χ0n) is 12.1. The second-order valence-corrected chi connectivity index (χ2v) is 5.01. The highest BCUT2D eigenvalue weighted by molar-refractivity contribution is 5.53. The molecule has 6 nitrogen and oxygen atoms in total. The van der Waals surface area contributed by atoms with Crippen LogP contribution in [0.1, 0.15) is 27.9 Å². The number of aromatic nitrogens is 3. The maximum absolute atomic E-state index is 12.1. The number of hydrogen-bond acceptors (Lipinski definition) is 4. The fourth-order valence-electron chi connectivity index (χ4n) is 2.00. The maximum Gasteiger partial charge on any atom is 0.268 e. The van der Waals surface area contributed by atoms with Gasteiger partial charge in [-0.2, -0.15) is 0 Å². The molecular weight excluding hydrogens is 256 g/mol. The van der Waals surface area contributed by atoms with Crippen LogP contribution in [0.15, 0.2) is 15.8 Å². The molecule has 0 spiro atoms. The summed E-state index contributed by atoms with van der Waals surface area (Å²) in [4.78, 5) is 28.2. The number of aryl methyl sites for hydroxylation is 1. The van der Waals surface area contributed by atoms with Gasteiger partial charge in [-0.25, -0.2) is 4.68 Å². The first-order chi connectivity index (χ1) is 9.32. The Morgan fingerprint density at radius 2 is 1.80 bits per heavy atom. The molecule has 0 aliphatic rings. The Hall–Kier alpha value is -2.37. The third-order valence-corrected chi connectivity index (χ3v) is 3.69. The summed E-state index contributed by atoms with van der Waals surface area (Å²) in [6.07, 6.45) is 1.67. The van der Waals surface area contributed by atoms with Crippen LogP contribution in [0.2, 0.25) is 0 Å². The van der Waals surface area contributed by atoms with E-state index in [0.717, 1.165) is 11.1 Å². The van der Waals surface area contributed by atoms with Crippen LogP contribution in [0.5, 0.6) is 0 Å². The summed E-state index contributed by atoms with van der Waals surface area (Å²) in [5.74, 6) is 0. The van der Waals surface area contributed by atoms with Crippen molar-refractivity contribution in [1.29, 1.82) is 0 Å². The molecule has 0 bridgehead atoms. The van der Waals surface area contributed by atoms with Gasteiger partial charge < -0.3 is 5.73 Å². The minimum absolute atomic E-state index is 0.200. The first-order valence-corrected chi connectivity index (χ1v) is 6.33. The van der Waals surface area contributed by atoms with E-state index < -0.39 is 0 Å². The Kier molecular flexibility index (Phi) is 3.48. The van der Waals surface area contributed by atoms with Crippen molar-refractivity contribution in [2.75, 3.05) is 5.73 Å². The lowest BCUT2D eigenvalue weighted by Crippen LogP contribution is -2.34. The molecule has 0 saturated heterocycles. The predicted octanol–water partition coefficient (Wildman–Crippen LogP) is 0.796. The lowest BCUT2D eigenvalue weighted by Gasteiger charge is -2.12. The lowest BCUT2D eigenvalue weighted by molar-refractivity contribution is 0.606. The Balaban J connectivity index is 2.54. The molecule has 2 heterocycles. The zero-order valence-corrected chi connectivity index (χ0v) is 12.1. The van der Waals surface area contributed by atoms with Gasteiger partial charge in [-0.05, 0) is 38.8 Å². The minimum Gasteiger partial charge on any atom is -0.398 e. The van der Waals surface area contributed by atoms with E-state index in [-0.39, 0.29) is 17.7 Å². The summed E-state index contributed by atoms with van der Waals surface area (Å²) in [6.45, 7) is 7.21. The minimum atomic E-state index is -0.264. The van der Waals surface area contributed by atoms with Gasteiger partial charge in [0.1, 0.15) is 0 Å². The van der Waals surface area contributed by atoms with Crippen molar-refractivity contribution in [2.24, 2.45) is 0 Å². The number of pyridine rings is 1. The fourth-order valence-corrected chi connectivity index (χ4v) is 2.00. The van der Waals surface area contributed by atoms with Crippen LogP contribution >= 0.6 is 0 Å². The molecule has 2 aromatic heterocycles. The Labute approximate surface area is 116 Å². The van der Waals surface area contributed by atoms with Gasteiger partial charge in [0.2, 0.25) is 0 Å². The average Bonchev–Trinajstić information content (AvgIpc) is 2.42. The Morgan fingerprint density at radius 3 is 2.45 bits per heavy atom. The molecule has 0 unspecified atom stereocenters. The van der Waals surface area contributed by atoms with Gasteiger partial charge in [0.05, 0.1) is 12.2 Å². The lowest BCUT2D eigenvalue weighted by atomic mass is 10.1. The quantitative estimate of drug-likeness (QED) is 0.846. The van der Waals surface area contributed by atoms with Gasteiger partial charge in [0.15, 0.2) is 0 Å². The number of nitrogen functional groups attached to an aromatic ring is 1. The molecule has 0 saturated carbocycles. The molecule has 0 aromatic carbocycles. The highest BCUT2D eigenvalue weighted by atomic mass is 16.2. The molecule has 0 aliphatic carbocycles. The Bertz CT molecular complexity index is 787. The second-order valence-electron chi connectivity index (χ2n) is 5.01. The number of rotatable bonds is 2. The third kappa shape index (κ3) is 2.24. The molecule has 0 atom stereocenters. The third-order valence-electron chi connectivity index (χ3n) is 3.69. The van der Waals surface area contributed by atoms with Crippen molar-refractivity contribution in [1.82, 2.24) is 14.8 Å². The molecule has 0 fully saturated rings. The molecule has 0 aliphatic heterocycles. The van der Waals surface area contributed by atoms with Gasteiger partial charge in [-0.3, -0.25) is 19.7 Å². The molecular formula is C14H18N4O2. The number of nitrogens with zero attached hydrogens (tertiary/aromatic N) is 2. The predicted molar refractivity (Wildman–Crippen MR) is 78.0 cm³/mol. The molecule has 6 heteroatoms. The first-order valence-electron chi connectivity index (χ1n) is 6.33. The summed E-state index contributed by atoms with van der Waals surface area (Å²) >= 11 is 0. The van der Waals surface area contributed by atoms with Crippen LogP contribution in [0, 0.1) is 27.7 Å². The number of aromatic amines is 1. The summed E-state index contributed by atoms with van der Waals surface area (Å²) in [6, 6.07) is 0. The molecule has 0 radical (unpaired) electrons. The van der Waals surface area contributed by atoms with Crippen molar-refractivity contribution in [2.45, 2.75) is 34.2 Å². The molecule has 3 N–H and O–H groups in total. The SMILES string of the molecule is Cc1cnc(Cn2[nH]c(=O)c(C)c(C)c2=O)c(C)c1N. The normalized spacial score (nSPS) is 10.8. The largest absolute Gasteiger partial charge is 0.398 e. The van der Waals surface area contributed by atoms with E-state index in [1.54, 1.807) is 20.0 Å². The zero-order chi connectivity index (χ0) is 15.0. The van der Waals surface area contributed by atoms with Crippen LogP contribution in [-0.2, 0) is 6.54 Å². The highest BCUT2D eigenvalue weighted by Crippen LogP contribution is 2.18. The van der Waals surface area contributed by atoms with E-state index >= 15 is 0 Å². The van der Waals surface area contributed by atoms with Gasteiger partial charge in [0, 0.05) is 23.0 Å². The molecule has 20 heavy (non-hydrogen) atoms. The van der Waals surface area contributed by atoms with Gasteiger partial charge in [-0.1, -0.05) is 0 Å². The number of anilines is 1. The standard InChI is InChI=1S/C14H18N4O2/c1-7-5-16-11(10(4)12(7)15)6-18-14(20)9(3)8(2)13(19)17-18/h5H,6H2,1-4H3,(H2,15,16)(H,17,19). The topological polar surface area (TPSA) is 93.8 Å². The average molecular weight is 274 g/mol. The summed E-state index contributed by atoms with van der Waals surface area (Å²) in [5, 5.41) is 2.56. The highest BCUT2D eigenvalue weighted by Gasteiger charge is 2.11. The second kappa shape index (κ2) is 4.96. The molecule has 2 aromatic rings. The fraction of sp³-hybridized carbons (Fsp3) is 0.357. The van der Waals surface area contributed by atoms with E-state index in [1.807, 2.05) is 13.8 Å². The molecule has 2 rings (SSSR count). The van der Waals surface area contributed by atoms with Crippen LogP contribution in [0.3, 0.4) is 0 Å². The summed E-state index contributed by atoms with van der Waals surface area (Å²) in [5.41, 5.74) is 9.43.